The first kappa shape index (κ1) is 7.99. The topological polar surface area (TPSA) is 12.4 Å². The van der Waals surface area contributed by atoms with Gasteiger partial charge in [0.15, 0.2) is 0 Å². The third kappa shape index (κ3) is 1.59. The van der Waals surface area contributed by atoms with E-state index >= 15 is 0 Å². The van der Waals surface area contributed by atoms with E-state index in [4.69, 9.17) is 0 Å². The molecule has 1 aliphatic rings. The molecule has 0 atom stereocenters. The Balaban J connectivity index is 2.43. The SMILES string of the molecule is CC(=C1C=CC=N1)c1ccccc1. The summed E-state index contributed by atoms with van der Waals surface area (Å²) in [5.41, 5.74) is 3.53. The summed E-state index contributed by atoms with van der Waals surface area (Å²) in [6.07, 6.45) is 5.81. The van der Waals surface area contributed by atoms with Gasteiger partial charge in [0.2, 0.25) is 0 Å². The summed E-state index contributed by atoms with van der Waals surface area (Å²) < 4.78 is 0. The molecule has 0 N–H and O–H groups in total. The molecule has 0 unspecified atom stereocenters. The Morgan fingerprint density at radius 3 is 2.54 bits per heavy atom. The maximum atomic E-state index is 4.26. The Kier molecular flexibility index (Phi) is 2.09. The number of hydrogen-bond acceptors (Lipinski definition) is 1. The molecule has 1 heteroatoms. The average molecular weight is 169 g/mol. The molecular weight excluding hydrogens is 158 g/mol. The molecule has 1 aromatic carbocycles. The van der Waals surface area contributed by atoms with E-state index in [1.54, 1.807) is 0 Å². The van der Waals surface area contributed by atoms with Gasteiger partial charge in [-0.25, -0.2) is 0 Å². The second kappa shape index (κ2) is 3.40. The fraction of sp³-hybridized carbons (Fsp3) is 0.0833. The van der Waals surface area contributed by atoms with Crippen molar-refractivity contribution in [2.45, 2.75) is 6.92 Å². The molecule has 1 aliphatic heterocycles. The van der Waals surface area contributed by atoms with Crippen LogP contribution in [0.5, 0.6) is 0 Å². The van der Waals surface area contributed by atoms with Gasteiger partial charge in [-0.2, -0.15) is 0 Å². The van der Waals surface area contributed by atoms with Crippen molar-refractivity contribution in [1.29, 1.82) is 0 Å². The second-order valence-corrected chi connectivity index (χ2v) is 3.01. The Labute approximate surface area is 78.1 Å². The van der Waals surface area contributed by atoms with Gasteiger partial charge < -0.3 is 0 Å². The van der Waals surface area contributed by atoms with Gasteiger partial charge in [-0.05, 0) is 30.2 Å². The van der Waals surface area contributed by atoms with Crippen LogP contribution in [0.1, 0.15) is 12.5 Å². The van der Waals surface area contributed by atoms with Crippen molar-refractivity contribution < 1.29 is 0 Å². The molecule has 0 aromatic heterocycles. The van der Waals surface area contributed by atoms with Crippen molar-refractivity contribution in [2.75, 3.05) is 0 Å². The number of rotatable bonds is 1. The highest BCUT2D eigenvalue weighted by Crippen LogP contribution is 2.20. The van der Waals surface area contributed by atoms with Crippen molar-refractivity contribution >= 4 is 11.8 Å². The molecule has 0 saturated carbocycles. The first-order valence-corrected chi connectivity index (χ1v) is 4.35. The predicted molar refractivity (Wildman–Crippen MR) is 56.7 cm³/mol. The third-order valence-electron chi connectivity index (χ3n) is 2.14. The van der Waals surface area contributed by atoms with Gasteiger partial charge in [-0.3, -0.25) is 4.99 Å². The summed E-state index contributed by atoms with van der Waals surface area (Å²) in [6, 6.07) is 10.3. The molecule has 13 heavy (non-hydrogen) atoms. The molecule has 0 saturated heterocycles. The van der Waals surface area contributed by atoms with E-state index in [1.165, 1.54) is 11.1 Å². The Morgan fingerprint density at radius 2 is 1.92 bits per heavy atom. The highest BCUT2D eigenvalue weighted by Gasteiger charge is 2.01. The minimum atomic E-state index is 1.06. The first-order chi connectivity index (χ1) is 6.38. The molecule has 0 spiro atoms. The molecule has 0 bridgehead atoms. The third-order valence-corrected chi connectivity index (χ3v) is 2.14. The van der Waals surface area contributed by atoms with E-state index in [0.717, 1.165) is 5.70 Å². The largest absolute Gasteiger partial charge is 0.257 e. The molecule has 1 heterocycles. The van der Waals surface area contributed by atoms with E-state index in [9.17, 15) is 0 Å². The molecule has 1 aromatic rings. The van der Waals surface area contributed by atoms with Crippen molar-refractivity contribution in [3.05, 3.63) is 53.7 Å². The zero-order valence-corrected chi connectivity index (χ0v) is 7.57. The van der Waals surface area contributed by atoms with Gasteiger partial charge in [-0.1, -0.05) is 30.3 Å². The highest BCUT2D eigenvalue weighted by atomic mass is 14.7. The number of allylic oxidation sites excluding steroid dienone is 3. The zero-order valence-electron chi connectivity index (χ0n) is 7.57. The summed E-state index contributed by atoms with van der Waals surface area (Å²) in [4.78, 5) is 4.26. The van der Waals surface area contributed by atoms with Crippen molar-refractivity contribution in [2.24, 2.45) is 4.99 Å². The van der Waals surface area contributed by atoms with Crippen LogP contribution in [0.4, 0.5) is 0 Å². The first-order valence-electron chi connectivity index (χ1n) is 4.35. The fourth-order valence-electron chi connectivity index (χ4n) is 1.36. The van der Waals surface area contributed by atoms with Gasteiger partial charge in [0.25, 0.3) is 0 Å². The second-order valence-electron chi connectivity index (χ2n) is 3.01. The van der Waals surface area contributed by atoms with E-state index in [2.05, 4.69) is 24.0 Å². The monoisotopic (exact) mass is 169 g/mol. The van der Waals surface area contributed by atoms with Crippen LogP contribution in [0.3, 0.4) is 0 Å². The Morgan fingerprint density at radius 1 is 1.15 bits per heavy atom. The normalized spacial score (nSPS) is 17.9. The maximum absolute atomic E-state index is 4.26. The average Bonchev–Trinajstić information content (AvgIpc) is 2.71. The van der Waals surface area contributed by atoms with Gasteiger partial charge in [0, 0.05) is 6.21 Å². The summed E-state index contributed by atoms with van der Waals surface area (Å²) >= 11 is 0. The van der Waals surface area contributed by atoms with Crippen molar-refractivity contribution in [1.82, 2.24) is 0 Å². The molecule has 1 nitrogen and oxygen atoms in total. The number of hydrogen-bond donors (Lipinski definition) is 0. The predicted octanol–water partition coefficient (Wildman–Crippen LogP) is 3.06. The van der Waals surface area contributed by atoms with Crippen LogP contribution in [0.25, 0.3) is 5.57 Å². The van der Waals surface area contributed by atoms with Crippen LogP contribution in [0, 0.1) is 0 Å². The van der Waals surface area contributed by atoms with Gasteiger partial charge >= 0.3 is 0 Å². The maximum Gasteiger partial charge on any atom is 0.0665 e. The van der Waals surface area contributed by atoms with Crippen LogP contribution in [0.15, 0.2) is 53.2 Å². The van der Waals surface area contributed by atoms with Crippen LogP contribution >= 0.6 is 0 Å². The molecule has 0 fully saturated rings. The summed E-state index contributed by atoms with van der Waals surface area (Å²) in [5, 5.41) is 0. The minimum absolute atomic E-state index is 1.06. The number of nitrogens with zero attached hydrogens (tertiary/aromatic N) is 1. The molecule has 0 radical (unpaired) electrons. The summed E-state index contributed by atoms with van der Waals surface area (Å²) in [5.74, 6) is 0. The molecular formula is C12H11N. The minimum Gasteiger partial charge on any atom is -0.257 e. The van der Waals surface area contributed by atoms with Gasteiger partial charge in [0.1, 0.15) is 0 Å². The lowest BCUT2D eigenvalue weighted by Gasteiger charge is -2.01. The highest BCUT2D eigenvalue weighted by molar-refractivity contribution is 5.82. The quantitative estimate of drug-likeness (QED) is 0.612. The smallest absolute Gasteiger partial charge is 0.0665 e. The van der Waals surface area contributed by atoms with Gasteiger partial charge in [0.05, 0.1) is 5.70 Å². The lowest BCUT2D eigenvalue weighted by Crippen LogP contribution is -1.81. The summed E-state index contributed by atoms with van der Waals surface area (Å²) in [7, 11) is 0. The molecule has 0 amide bonds. The lowest BCUT2D eigenvalue weighted by molar-refractivity contribution is 1.42. The Hall–Kier alpha value is -1.63. The standard InChI is InChI=1S/C12H11N/c1-10(12-8-5-9-13-12)11-6-3-2-4-7-11/h2-9H,1H3. The van der Waals surface area contributed by atoms with Crippen LogP contribution in [-0.4, -0.2) is 6.21 Å². The van der Waals surface area contributed by atoms with Gasteiger partial charge in [-0.15, -0.1) is 0 Å². The molecule has 2 rings (SSSR count). The lowest BCUT2D eigenvalue weighted by atomic mass is 10.1. The van der Waals surface area contributed by atoms with Crippen LogP contribution in [-0.2, 0) is 0 Å². The molecule has 0 aliphatic carbocycles. The van der Waals surface area contributed by atoms with Crippen LogP contribution in [0.2, 0.25) is 0 Å². The summed E-state index contributed by atoms with van der Waals surface area (Å²) in [6.45, 7) is 2.09. The van der Waals surface area contributed by atoms with E-state index in [1.807, 2.05) is 36.6 Å². The van der Waals surface area contributed by atoms with Crippen LogP contribution < -0.4 is 0 Å². The van der Waals surface area contributed by atoms with E-state index in [-0.39, 0.29) is 0 Å². The van der Waals surface area contributed by atoms with E-state index < -0.39 is 0 Å². The Bertz CT molecular complexity index is 369. The number of aliphatic imine (C=N–C) groups is 1. The fourth-order valence-corrected chi connectivity index (χ4v) is 1.36. The van der Waals surface area contributed by atoms with E-state index in [0.29, 0.717) is 0 Å². The van der Waals surface area contributed by atoms with Crippen molar-refractivity contribution in [3.63, 3.8) is 0 Å². The number of benzene rings is 1. The zero-order chi connectivity index (χ0) is 9.10. The molecule has 64 valence electrons. The van der Waals surface area contributed by atoms with Crippen molar-refractivity contribution in [3.8, 4) is 0 Å².